The van der Waals surface area contributed by atoms with Gasteiger partial charge in [0.1, 0.15) is 12.4 Å². The molecule has 0 amide bonds. The summed E-state index contributed by atoms with van der Waals surface area (Å²) in [5.41, 5.74) is 0. The van der Waals surface area contributed by atoms with Crippen molar-refractivity contribution in [3.8, 4) is 0 Å². The number of hydrogen-bond acceptors (Lipinski definition) is 0. The predicted molar refractivity (Wildman–Crippen MR) is 86.7 cm³/mol. The van der Waals surface area contributed by atoms with Crippen LogP contribution in [0.3, 0.4) is 0 Å². The lowest BCUT2D eigenvalue weighted by atomic mass is 10.1. The van der Waals surface area contributed by atoms with Crippen molar-refractivity contribution in [3.05, 3.63) is 18.7 Å². The summed E-state index contributed by atoms with van der Waals surface area (Å²) in [6.07, 6.45) is 23.6. The highest BCUT2D eigenvalue weighted by molar-refractivity contribution is 4.61. The highest BCUT2D eigenvalue weighted by atomic mass is 127. The minimum atomic E-state index is 0. The van der Waals surface area contributed by atoms with E-state index in [1.165, 1.54) is 83.6 Å². The molecule has 0 aliphatic rings. The number of halogens is 1. The fraction of sp³-hybridized carbons (Fsp3) is 0.833. The van der Waals surface area contributed by atoms with Crippen LogP contribution in [0, 0.1) is 0 Å². The molecule has 0 unspecified atom stereocenters. The lowest BCUT2D eigenvalue weighted by molar-refractivity contribution is -0.696. The lowest BCUT2D eigenvalue weighted by Crippen LogP contribution is -3.00. The van der Waals surface area contributed by atoms with Crippen molar-refractivity contribution in [1.82, 2.24) is 4.57 Å². The highest BCUT2D eigenvalue weighted by Crippen LogP contribution is 2.11. The Morgan fingerprint density at radius 2 is 1.24 bits per heavy atom. The van der Waals surface area contributed by atoms with Gasteiger partial charge in [-0.05, 0) is 12.8 Å². The first kappa shape index (κ1) is 20.9. The number of unbranched alkanes of at least 4 members (excludes halogenated alkanes) is 11. The number of aryl methyl sites for hydroxylation is 2. The summed E-state index contributed by atoms with van der Waals surface area (Å²) in [5.74, 6) is 0. The Labute approximate surface area is 149 Å². The molecule has 1 heterocycles. The molecule has 1 rings (SSSR count). The fourth-order valence-corrected chi connectivity index (χ4v) is 2.77. The van der Waals surface area contributed by atoms with Gasteiger partial charge in [0, 0.05) is 0 Å². The van der Waals surface area contributed by atoms with Gasteiger partial charge in [0.15, 0.2) is 0 Å². The van der Waals surface area contributed by atoms with Gasteiger partial charge in [-0.2, -0.15) is 0 Å². The molecule has 0 radical (unpaired) electrons. The molecule has 1 aromatic heterocycles. The average Bonchev–Trinajstić information content (AvgIpc) is 2.86. The molecular formula is C18H35IN2. The maximum Gasteiger partial charge on any atom is 0.243 e. The van der Waals surface area contributed by atoms with Crippen LogP contribution in [-0.2, 0) is 13.6 Å². The molecule has 0 atom stereocenters. The van der Waals surface area contributed by atoms with Gasteiger partial charge in [-0.3, -0.25) is 0 Å². The maximum absolute atomic E-state index is 2.29. The Morgan fingerprint density at radius 1 is 0.762 bits per heavy atom. The smallest absolute Gasteiger partial charge is 0.243 e. The summed E-state index contributed by atoms with van der Waals surface area (Å²) in [4.78, 5) is 0. The molecule has 0 aliphatic heterocycles. The number of aromatic nitrogens is 2. The molecule has 0 aromatic carbocycles. The zero-order chi connectivity index (χ0) is 14.5. The number of imidazole rings is 1. The first-order chi connectivity index (χ1) is 9.83. The van der Waals surface area contributed by atoms with E-state index in [0.717, 1.165) is 0 Å². The molecule has 0 N–H and O–H groups in total. The van der Waals surface area contributed by atoms with Gasteiger partial charge in [0.05, 0.1) is 13.6 Å². The van der Waals surface area contributed by atoms with Crippen LogP contribution in [0.1, 0.15) is 84.0 Å². The molecular weight excluding hydrogens is 371 g/mol. The number of hydrogen-bond donors (Lipinski definition) is 0. The molecule has 124 valence electrons. The van der Waals surface area contributed by atoms with E-state index in [4.69, 9.17) is 0 Å². The van der Waals surface area contributed by atoms with Crippen molar-refractivity contribution in [3.63, 3.8) is 0 Å². The Balaban J connectivity index is 0.00000400. The predicted octanol–water partition coefficient (Wildman–Crippen LogP) is 2.02. The summed E-state index contributed by atoms with van der Waals surface area (Å²) >= 11 is 0. The molecule has 21 heavy (non-hydrogen) atoms. The fourth-order valence-electron chi connectivity index (χ4n) is 2.77. The van der Waals surface area contributed by atoms with Gasteiger partial charge >= 0.3 is 0 Å². The van der Waals surface area contributed by atoms with E-state index < -0.39 is 0 Å². The molecule has 3 heteroatoms. The van der Waals surface area contributed by atoms with Crippen molar-refractivity contribution in [2.75, 3.05) is 0 Å². The largest absolute Gasteiger partial charge is 1.00 e. The zero-order valence-electron chi connectivity index (χ0n) is 14.2. The van der Waals surface area contributed by atoms with Crippen LogP contribution in [0.5, 0.6) is 0 Å². The third-order valence-electron chi connectivity index (χ3n) is 4.09. The SMILES string of the molecule is CCCCCCCCCCCCCC[n+]1ccn(C)c1.[I-]. The van der Waals surface area contributed by atoms with Crippen molar-refractivity contribution < 1.29 is 28.5 Å². The van der Waals surface area contributed by atoms with Gasteiger partial charge < -0.3 is 24.0 Å². The van der Waals surface area contributed by atoms with Crippen LogP contribution in [-0.4, -0.2) is 4.57 Å². The van der Waals surface area contributed by atoms with Crippen LogP contribution >= 0.6 is 0 Å². The van der Waals surface area contributed by atoms with Crippen LogP contribution in [0.4, 0.5) is 0 Å². The third-order valence-corrected chi connectivity index (χ3v) is 4.09. The van der Waals surface area contributed by atoms with E-state index in [1.54, 1.807) is 0 Å². The van der Waals surface area contributed by atoms with Crippen molar-refractivity contribution >= 4 is 0 Å². The van der Waals surface area contributed by atoms with E-state index >= 15 is 0 Å². The van der Waals surface area contributed by atoms with Gasteiger partial charge in [0.25, 0.3) is 0 Å². The lowest BCUT2D eigenvalue weighted by Gasteiger charge is -2.02. The van der Waals surface area contributed by atoms with Gasteiger partial charge in [-0.15, -0.1) is 0 Å². The first-order valence-electron chi connectivity index (χ1n) is 8.84. The second-order valence-corrected chi connectivity index (χ2v) is 6.21. The molecule has 0 bridgehead atoms. The summed E-state index contributed by atoms with van der Waals surface area (Å²) in [6.45, 7) is 3.47. The Hall–Kier alpha value is -0.0600. The van der Waals surface area contributed by atoms with E-state index in [-0.39, 0.29) is 24.0 Å². The van der Waals surface area contributed by atoms with E-state index in [0.29, 0.717) is 0 Å². The number of rotatable bonds is 13. The van der Waals surface area contributed by atoms with Crippen molar-refractivity contribution in [1.29, 1.82) is 0 Å². The van der Waals surface area contributed by atoms with Gasteiger partial charge in [0.2, 0.25) is 6.33 Å². The topological polar surface area (TPSA) is 8.81 Å². The third kappa shape index (κ3) is 12.2. The van der Waals surface area contributed by atoms with E-state index in [9.17, 15) is 0 Å². The summed E-state index contributed by atoms with van der Waals surface area (Å²) in [7, 11) is 2.08. The van der Waals surface area contributed by atoms with Gasteiger partial charge in [-0.25, -0.2) is 9.13 Å². The molecule has 0 fully saturated rings. The second kappa shape index (κ2) is 14.9. The molecule has 0 saturated carbocycles. The average molecular weight is 406 g/mol. The summed E-state index contributed by atoms with van der Waals surface area (Å²) in [5, 5.41) is 0. The van der Waals surface area contributed by atoms with Crippen LogP contribution in [0.2, 0.25) is 0 Å². The minimum absolute atomic E-state index is 0. The standard InChI is InChI=1S/C18H35N2.HI/c1-3-4-5-6-7-8-9-10-11-12-13-14-15-20-17-16-19(2)18-20;/h16-18H,3-15H2,1-2H3;1H/q+1;/p-1. The molecule has 0 spiro atoms. The van der Waals surface area contributed by atoms with Crippen LogP contribution < -0.4 is 28.5 Å². The summed E-state index contributed by atoms with van der Waals surface area (Å²) < 4.78 is 4.40. The molecule has 1 aromatic rings. The monoisotopic (exact) mass is 406 g/mol. The van der Waals surface area contributed by atoms with Crippen LogP contribution in [0.15, 0.2) is 18.7 Å². The van der Waals surface area contributed by atoms with Crippen molar-refractivity contribution in [2.24, 2.45) is 7.05 Å². The highest BCUT2D eigenvalue weighted by Gasteiger charge is 1.99. The molecule has 0 aliphatic carbocycles. The van der Waals surface area contributed by atoms with E-state index in [1.807, 2.05) is 0 Å². The first-order valence-corrected chi connectivity index (χ1v) is 8.84. The summed E-state index contributed by atoms with van der Waals surface area (Å²) in [6, 6.07) is 0. The Kier molecular flexibility index (Phi) is 14.8. The quantitative estimate of drug-likeness (QED) is 0.269. The maximum atomic E-state index is 2.29. The Morgan fingerprint density at radius 3 is 1.67 bits per heavy atom. The van der Waals surface area contributed by atoms with E-state index in [2.05, 4.69) is 41.8 Å². The number of nitrogens with zero attached hydrogens (tertiary/aromatic N) is 2. The molecule has 2 nitrogen and oxygen atoms in total. The van der Waals surface area contributed by atoms with Gasteiger partial charge in [-0.1, -0.05) is 71.1 Å². The Bertz CT molecular complexity index is 323. The minimum Gasteiger partial charge on any atom is -1.00 e. The zero-order valence-corrected chi connectivity index (χ0v) is 16.4. The van der Waals surface area contributed by atoms with Crippen molar-refractivity contribution in [2.45, 2.75) is 90.5 Å². The molecule has 0 saturated heterocycles. The second-order valence-electron chi connectivity index (χ2n) is 6.21. The normalized spacial score (nSPS) is 10.6. The van der Waals surface area contributed by atoms with Crippen LogP contribution in [0.25, 0.3) is 0 Å².